The average molecular weight is 352 g/mol. The van der Waals surface area contributed by atoms with Crippen LogP contribution in [0.25, 0.3) is 0 Å². The van der Waals surface area contributed by atoms with Gasteiger partial charge in [-0.05, 0) is 44.7 Å². The molecular formula is C17H22ClN3OS. The monoisotopic (exact) mass is 351 g/mol. The number of ether oxygens (including phenoxy) is 1. The lowest BCUT2D eigenvalue weighted by molar-refractivity contribution is 0.414. The van der Waals surface area contributed by atoms with Crippen LogP contribution in [0.5, 0.6) is 5.75 Å². The van der Waals surface area contributed by atoms with E-state index >= 15 is 0 Å². The summed E-state index contributed by atoms with van der Waals surface area (Å²) in [6.07, 6.45) is 2.60. The Kier molecular flexibility index (Phi) is 5.76. The molecule has 23 heavy (non-hydrogen) atoms. The maximum atomic E-state index is 6.42. The van der Waals surface area contributed by atoms with Crippen molar-refractivity contribution >= 4 is 29.2 Å². The van der Waals surface area contributed by atoms with Crippen LogP contribution in [-0.4, -0.2) is 28.9 Å². The van der Waals surface area contributed by atoms with Gasteiger partial charge in [0.25, 0.3) is 0 Å². The van der Waals surface area contributed by atoms with Gasteiger partial charge in [0.05, 0.1) is 7.11 Å². The highest BCUT2D eigenvalue weighted by Gasteiger charge is 2.18. The first-order valence-corrected chi connectivity index (χ1v) is 8.94. The zero-order valence-corrected chi connectivity index (χ0v) is 15.7. The quantitative estimate of drug-likeness (QED) is 0.482. The second-order valence-corrected chi connectivity index (χ2v) is 7.36. The van der Waals surface area contributed by atoms with Gasteiger partial charge in [0.15, 0.2) is 5.16 Å². The molecule has 0 saturated carbocycles. The smallest absolute Gasteiger partial charge is 0.190 e. The summed E-state index contributed by atoms with van der Waals surface area (Å²) < 4.78 is 5.20. The maximum absolute atomic E-state index is 6.42. The molecule has 0 aliphatic heterocycles. The van der Waals surface area contributed by atoms with Crippen LogP contribution in [0.2, 0.25) is 5.15 Å². The van der Waals surface area contributed by atoms with Crippen molar-refractivity contribution in [2.45, 2.75) is 37.9 Å². The first-order valence-electron chi connectivity index (χ1n) is 7.34. The van der Waals surface area contributed by atoms with Crippen molar-refractivity contribution in [3.8, 4) is 5.75 Å². The summed E-state index contributed by atoms with van der Waals surface area (Å²) in [6.45, 7) is 6.29. The summed E-state index contributed by atoms with van der Waals surface area (Å²) in [5.74, 6) is 1.62. The highest BCUT2D eigenvalue weighted by atomic mass is 35.5. The molecule has 124 valence electrons. The van der Waals surface area contributed by atoms with Gasteiger partial charge in [-0.2, -0.15) is 0 Å². The third kappa shape index (κ3) is 5.01. The van der Waals surface area contributed by atoms with E-state index in [0.717, 1.165) is 22.7 Å². The van der Waals surface area contributed by atoms with Gasteiger partial charge < -0.3 is 10.1 Å². The molecule has 0 bridgehead atoms. The molecule has 0 atom stereocenters. The molecule has 0 amide bonds. The number of halogens is 1. The van der Waals surface area contributed by atoms with Crippen LogP contribution < -0.4 is 10.1 Å². The van der Waals surface area contributed by atoms with Crippen molar-refractivity contribution in [3.05, 3.63) is 40.5 Å². The molecule has 0 aliphatic rings. The third-order valence-electron chi connectivity index (χ3n) is 3.15. The Labute approximate surface area is 147 Å². The van der Waals surface area contributed by atoms with E-state index in [4.69, 9.17) is 16.3 Å². The Hall–Kier alpha value is -1.46. The summed E-state index contributed by atoms with van der Waals surface area (Å²) in [5, 5.41) is 4.59. The van der Waals surface area contributed by atoms with E-state index in [2.05, 4.69) is 36.1 Å². The van der Waals surface area contributed by atoms with Crippen molar-refractivity contribution < 1.29 is 4.74 Å². The fourth-order valence-electron chi connectivity index (χ4n) is 2.09. The molecule has 0 radical (unpaired) electrons. The topological polar surface area (TPSA) is 47.0 Å². The van der Waals surface area contributed by atoms with Crippen LogP contribution in [0, 0.1) is 0 Å². The fraction of sp³-hybridized carbons (Fsp3) is 0.412. The van der Waals surface area contributed by atoms with Crippen molar-refractivity contribution in [1.82, 2.24) is 9.97 Å². The van der Waals surface area contributed by atoms with Crippen molar-refractivity contribution in [2.24, 2.45) is 0 Å². The lowest BCUT2D eigenvalue weighted by Gasteiger charge is -2.24. The Morgan fingerprint density at radius 1 is 1.17 bits per heavy atom. The molecule has 0 saturated heterocycles. The molecule has 0 spiro atoms. The zero-order valence-electron chi connectivity index (χ0n) is 14.1. The van der Waals surface area contributed by atoms with E-state index in [1.165, 1.54) is 11.8 Å². The predicted molar refractivity (Wildman–Crippen MR) is 98.0 cm³/mol. The fourth-order valence-corrected chi connectivity index (χ4v) is 2.74. The van der Waals surface area contributed by atoms with Crippen LogP contribution in [0.4, 0.5) is 5.82 Å². The minimum absolute atomic E-state index is 0.109. The number of thioether (sulfide) groups is 1. The van der Waals surface area contributed by atoms with Gasteiger partial charge >= 0.3 is 0 Å². The van der Waals surface area contributed by atoms with E-state index in [0.29, 0.717) is 16.7 Å². The molecule has 2 aromatic rings. The van der Waals surface area contributed by atoms with E-state index in [1.54, 1.807) is 7.11 Å². The van der Waals surface area contributed by atoms with Gasteiger partial charge in [0, 0.05) is 17.5 Å². The summed E-state index contributed by atoms with van der Waals surface area (Å²) in [5.41, 5.74) is 1.93. The minimum Gasteiger partial charge on any atom is -0.497 e. The van der Waals surface area contributed by atoms with Crippen LogP contribution in [0.1, 0.15) is 31.9 Å². The van der Waals surface area contributed by atoms with Gasteiger partial charge in [-0.15, -0.1) is 0 Å². The number of nitrogens with one attached hydrogen (secondary N) is 1. The molecule has 1 aromatic heterocycles. The Bertz CT molecular complexity index is 669. The SMILES string of the molecule is COc1ccc(Cc2c(Cl)nc(SC)nc2NC(C)(C)C)cc1. The van der Waals surface area contributed by atoms with Crippen LogP contribution >= 0.6 is 23.4 Å². The molecule has 4 nitrogen and oxygen atoms in total. The highest BCUT2D eigenvalue weighted by Crippen LogP contribution is 2.29. The second-order valence-electron chi connectivity index (χ2n) is 6.23. The van der Waals surface area contributed by atoms with Gasteiger partial charge in [-0.1, -0.05) is 35.5 Å². The Morgan fingerprint density at radius 3 is 2.35 bits per heavy atom. The number of hydrogen-bond acceptors (Lipinski definition) is 5. The third-order valence-corrected chi connectivity index (χ3v) is 4.01. The van der Waals surface area contributed by atoms with Gasteiger partial charge in [-0.25, -0.2) is 9.97 Å². The first kappa shape index (κ1) is 17.9. The lowest BCUT2D eigenvalue weighted by atomic mass is 10.0. The van der Waals surface area contributed by atoms with Crippen LogP contribution in [0.3, 0.4) is 0 Å². The molecule has 0 aliphatic carbocycles. The number of nitrogens with zero attached hydrogens (tertiary/aromatic N) is 2. The minimum atomic E-state index is -0.109. The second kappa shape index (κ2) is 7.41. The predicted octanol–water partition coefficient (Wildman–Crippen LogP) is 4.66. The van der Waals surface area contributed by atoms with Gasteiger partial charge in [0.1, 0.15) is 16.7 Å². The Balaban J connectivity index is 2.38. The molecule has 0 unspecified atom stereocenters. The molecular weight excluding hydrogens is 330 g/mol. The Morgan fingerprint density at radius 2 is 1.83 bits per heavy atom. The molecule has 1 heterocycles. The lowest BCUT2D eigenvalue weighted by Crippen LogP contribution is -2.28. The summed E-state index contributed by atoms with van der Waals surface area (Å²) in [7, 11) is 1.66. The average Bonchev–Trinajstić information content (AvgIpc) is 2.49. The van der Waals surface area contributed by atoms with Crippen LogP contribution in [0.15, 0.2) is 29.4 Å². The summed E-state index contributed by atoms with van der Waals surface area (Å²) in [4.78, 5) is 8.96. The first-order chi connectivity index (χ1) is 10.8. The maximum Gasteiger partial charge on any atom is 0.190 e. The largest absolute Gasteiger partial charge is 0.497 e. The molecule has 1 aromatic carbocycles. The number of benzene rings is 1. The van der Waals surface area contributed by atoms with E-state index in [1.807, 2.05) is 30.5 Å². The highest BCUT2D eigenvalue weighted by molar-refractivity contribution is 7.98. The van der Waals surface area contributed by atoms with Crippen molar-refractivity contribution in [1.29, 1.82) is 0 Å². The molecule has 1 N–H and O–H groups in total. The van der Waals surface area contributed by atoms with E-state index in [-0.39, 0.29) is 5.54 Å². The number of aromatic nitrogens is 2. The number of rotatable bonds is 5. The summed E-state index contributed by atoms with van der Waals surface area (Å²) in [6, 6.07) is 7.94. The zero-order chi connectivity index (χ0) is 17.0. The molecule has 0 fully saturated rings. The van der Waals surface area contributed by atoms with E-state index in [9.17, 15) is 0 Å². The van der Waals surface area contributed by atoms with E-state index < -0.39 is 0 Å². The van der Waals surface area contributed by atoms with Crippen molar-refractivity contribution in [3.63, 3.8) is 0 Å². The number of anilines is 1. The normalized spacial score (nSPS) is 11.4. The van der Waals surface area contributed by atoms with Crippen molar-refractivity contribution in [2.75, 3.05) is 18.7 Å². The van der Waals surface area contributed by atoms with Gasteiger partial charge in [-0.3, -0.25) is 0 Å². The molecule has 6 heteroatoms. The molecule has 2 rings (SSSR count). The van der Waals surface area contributed by atoms with Gasteiger partial charge in [0.2, 0.25) is 0 Å². The summed E-state index contributed by atoms with van der Waals surface area (Å²) >= 11 is 7.90. The number of hydrogen-bond donors (Lipinski definition) is 1. The van der Waals surface area contributed by atoms with Crippen LogP contribution in [-0.2, 0) is 6.42 Å². The standard InChI is InChI=1S/C17H22ClN3OS/c1-17(2,3)21-15-13(14(18)19-16(20-15)23-5)10-11-6-8-12(22-4)9-7-11/h6-9H,10H2,1-5H3,(H,19,20,21). The number of methoxy groups -OCH3 is 1.